The second-order valence-corrected chi connectivity index (χ2v) is 10.7. The molecule has 0 radical (unpaired) electrons. The van der Waals surface area contributed by atoms with E-state index in [1.165, 1.54) is 0 Å². The Balaban J connectivity index is 1.39. The third-order valence-corrected chi connectivity index (χ3v) is 7.68. The number of hydrogen-bond donors (Lipinski definition) is 2. The number of hydrogen-bond acceptors (Lipinski definition) is 8. The number of likely N-dealkylation sites (tertiary alicyclic amines) is 1. The van der Waals surface area contributed by atoms with Gasteiger partial charge in [-0.2, -0.15) is 0 Å². The van der Waals surface area contributed by atoms with Crippen LogP contribution in [-0.4, -0.2) is 74.9 Å². The molecule has 0 unspecified atom stereocenters. The topological polar surface area (TPSA) is 102 Å². The quantitative estimate of drug-likeness (QED) is 0.505. The first-order valence-corrected chi connectivity index (χ1v) is 13.0. The highest BCUT2D eigenvalue weighted by Crippen LogP contribution is 2.31. The number of nitrogens with zero attached hydrogens (tertiary/aromatic N) is 4. The van der Waals surface area contributed by atoms with Gasteiger partial charge in [-0.05, 0) is 39.3 Å². The lowest BCUT2D eigenvalue weighted by molar-refractivity contribution is -0.156. The second-order valence-electron chi connectivity index (χ2n) is 10.7. The van der Waals surface area contributed by atoms with Gasteiger partial charge in [0, 0.05) is 47.9 Å². The molecule has 0 aliphatic carbocycles. The van der Waals surface area contributed by atoms with E-state index >= 15 is 4.39 Å². The summed E-state index contributed by atoms with van der Waals surface area (Å²) in [6.45, 7) is 7.43. The normalized spacial score (nSPS) is 25.8. The van der Waals surface area contributed by atoms with E-state index in [4.69, 9.17) is 9.47 Å². The molecule has 1 aromatic carbocycles. The van der Waals surface area contributed by atoms with Crippen molar-refractivity contribution in [3.05, 3.63) is 51.7 Å². The second kappa shape index (κ2) is 9.64. The van der Waals surface area contributed by atoms with E-state index in [0.717, 1.165) is 11.9 Å². The number of anilines is 1. The van der Waals surface area contributed by atoms with E-state index in [9.17, 15) is 14.3 Å². The Labute approximate surface area is 218 Å². The average Bonchev–Trinajstić information content (AvgIpc) is 3.28. The third kappa shape index (κ3) is 4.37. The summed E-state index contributed by atoms with van der Waals surface area (Å²) in [6.07, 6.45) is -0.975. The van der Waals surface area contributed by atoms with Crippen LogP contribution < -0.4 is 10.7 Å². The maximum absolute atomic E-state index is 15.0. The van der Waals surface area contributed by atoms with Crippen molar-refractivity contribution in [3.63, 3.8) is 0 Å². The van der Waals surface area contributed by atoms with Crippen LogP contribution in [0.15, 0.2) is 29.2 Å². The highest BCUT2D eigenvalue weighted by atomic mass is 19.1. The monoisotopic (exact) mass is 527 g/mol. The van der Waals surface area contributed by atoms with E-state index in [0.29, 0.717) is 54.7 Å². The Bertz CT molecular complexity index is 1440. The first-order valence-electron chi connectivity index (χ1n) is 13.0. The fourth-order valence-electron chi connectivity index (χ4n) is 5.70. The summed E-state index contributed by atoms with van der Waals surface area (Å²) < 4.78 is 41.6. The predicted octanol–water partition coefficient (Wildman–Crippen LogP) is 2.93. The fraction of sp³-hybridized carbons (Fsp3) is 0.519. The van der Waals surface area contributed by atoms with Crippen LogP contribution in [0.25, 0.3) is 22.2 Å². The maximum atomic E-state index is 15.0. The number of ether oxygens (including phenoxy) is 2. The Hall–Kier alpha value is -2.99. The summed E-state index contributed by atoms with van der Waals surface area (Å²) in [6, 6.07) is 4.77. The number of halogens is 2. The van der Waals surface area contributed by atoms with Gasteiger partial charge in [0.05, 0.1) is 30.5 Å². The van der Waals surface area contributed by atoms with Crippen molar-refractivity contribution in [1.29, 1.82) is 0 Å². The molecule has 3 saturated heterocycles. The number of aromatic nitrogens is 3. The molecular weight excluding hydrogens is 496 g/mol. The summed E-state index contributed by atoms with van der Waals surface area (Å²) in [5.74, 6) is -0.428. The van der Waals surface area contributed by atoms with Gasteiger partial charge in [-0.3, -0.25) is 9.69 Å². The molecule has 0 amide bonds. The van der Waals surface area contributed by atoms with Crippen molar-refractivity contribution >= 4 is 16.9 Å². The molecule has 2 bridgehead atoms. The average molecular weight is 528 g/mol. The van der Waals surface area contributed by atoms with E-state index in [1.54, 1.807) is 25.1 Å². The minimum Gasteiger partial charge on any atom is -0.386 e. The smallest absolute Gasteiger partial charge is 0.223 e. The molecule has 0 saturated carbocycles. The molecule has 3 aliphatic rings. The van der Waals surface area contributed by atoms with Gasteiger partial charge in [-0.1, -0.05) is 6.07 Å². The Kier molecular flexibility index (Phi) is 6.42. The van der Waals surface area contributed by atoms with E-state index < -0.39 is 30.4 Å². The van der Waals surface area contributed by atoms with E-state index in [-0.39, 0.29) is 29.2 Å². The summed E-state index contributed by atoms with van der Waals surface area (Å²) in [7, 11) is 0. The number of nitrogens with one attached hydrogen (secondary N) is 1. The van der Waals surface area contributed by atoms with Crippen LogP contribution in [0.3, 0.4) is 0 Å². The van der Waals surface area contributed by atoms with Crippen molar-refractivity contribution in [2.24, 2.45) is 0 Å². The van der Waals surface area contributed by atoms with Crippen molar-refractivity contribution in [1.82, 2.24) is 19.4 Å². The molecule has 38 heavy (non-hydrogen) atoms. The van der Waals surface area contributed by atoms with Crippen LogP contribution in [0.2, 0.25) is 0 Å². The number of aliphatic hydroxyl groups excluding tert-OH is 1. The molecular formula is C27H31F2N5O4. The van der Waals surface area contributed by atoms with E-state index in [1.807, 2.05) is 18.7 Å². The molecule has 3 fully saturated rings. The zero-order valence-electron chi connectivity index (χ0n) is 21.5. The van der Waals surface area contributed by atoms with Crippen molar-refractivity contribution in [2.75, 3.05) is 25.0 Å². The molecule has 3 aromatic rings. The third-order valence-electron chi connectivity index (χ3n) is 7.68. The maximum Gasteiger partial charge on any atom is 0.223 e. The summed E-state index contributed by atoms with van der Waals surface area (Å²) in [5.41, 5.74) is 2.62. The van der Waals surface area contributed by atoms with Gasteiger partial charge in [0.15, 0.2) is 17.5 Å². The molecule has 11 heteroatoms. The van der Waals surface area contributed by atoms with Gasteiger partial charge in [0.25, 0.3) is 0 Å². The molecule has 2 aromatic heterocycles. The largest absolute Gasteiger partial charge is 0.386 e. The van der Waals surface area contributed by atoms with Crippen LogP contribution in [-0.2, 0) is 16.0 Å². The zero-order chi connectivity index (χ0) is 26.7. The van der Waals surface area contributed by atoms with Gasteiger partial charge < -0.3 is 24.5 Å². The summed E-state index contributed by atoms with van der Waals surface area (Å²) >= 11 is 0. The molecule has 5 heterocycles. The van der Waals surface area contributed by atoms with Crippen LogP contribution in [0.4, 0.5) is 14.7 Å². The summed E-state index contributed by atoms with van der Waals surface area (Å²) in [5, 5.41) is 14.2. The van der Waals surface area contributed by atoms with Crippen molar-refractivity contribution in [3.8, 4) is 11.3 Å². The van der Waals surface area contributed by atoms with Crippen LogP contribution in [0.1, 0.15) is 37.6 Å². The molecule has 202 valence electrons. The standard InChI is InChI=1S/C27H31F2N5O4/c1-13(2)34-21-6-15(4-5-18(21)24(35)14(3)22(34)11-33-9-16(28)10-33)23-19(29)8-30-27(32-23)31-20-7-17-12-37-26(38-17)25(20)36/h4-6,8,13,16-17,20,25-26,36H,7,9-12H2,1-3H3,(H,30,31,32)/t17-,20+,25-,26+/m0/s1. The van der Waals surface area contributed by atoms with Gasteiger partial charge >= 0.3 is 0 Å². The molecule has 2 N–H and O–H groups in total. The first-order chi connectivity index (χ1) is 18.2. The Morgan fingerprint density at radius 1 is 1.29 bits per heavy atom. The Morgan fingerprint density at radius 2 is 2.08 bits per heavy atom. The number of rotatable bonds is 6. The highest BCUT2D eigenvalue weighted by Gasteiger charge is 2.43. The SMILES string of the molecule is Cc1c(CN2CC(F)C2)n(C(C)C)c2cc(-c3nc(N[C@@H]4C[C@H]5CO[C@H](O5)[C@H]4O)ncc3F)ccc2c1=O. The van der Waals surface area contributed by atoms with Crippen LogP contribution in [0.5, 0.6) is 0 Å². The minimum absolute atomic E-state index is 0.00423. The summed E-state index contributed by atoms with van der Waals surface area (Å²) in [4.78, 5) is 23.8. The molecule has 9 nitrogen and oxygen atoms in total. The van der Waals surface area contributed by atoms with Gasteiger partial charge in [0.1, 0.15) is 18.0 Å². The predicted molar refractivity (Wildman–Crippen MR) is 137 cm³/mol. The highest BCUT2D eigenvalue weighted by molar-refractivity contribution is 5.85. The number of pyridine rings is 1. The lowest BCUT2D eigenvalue weighted by atomic mass is 10.0. The van der Waals surface area contributed by atoms with E-state index in [2.05, 4.69) is 19.9 Å². The molecule has 6 rings (SSSR count). The van der Waals surface area contributed by atoms with Crippen molar-refractivity contribution in [2.45, 2.75) is 70.5 Å². The first kappa shape index (κ1) is 25.3. The zero-order valence-corrected chi connectivity index (χ0v) is 21.5. The molecule has 0 spiro atoms. The molecule has 3 aliphatic heterocycles. The number of aliphatic hydroxyl groups is 1. The number of alkyl halides is 1. The van der Waals surface area contributed by atoms with Gasteiger partial charge in [0.2, 0.25) is 5.95 Å². The van der Waals surface area contributed by atoms with Crippen molar-refractivity contribution < 1.29 is 23.4 Å². The Morgan fingerprint density at radius 3 is 2.82 bits per heavy atom. The van der Waals surface area contributed by atoms with Crippen LogP contribution in [0, 0.1) is 12.7 Å². The lowest BCUT2D eigenvalue weighted by Crippen LogP contribution is -2.48. The van der Waals surface area contributed by atoms with Gasteiger partial charge in [-0.15, -0.1) is 0 Å². The fourth-order valence-corrected chi connectivity index (χ4v) is 5.70. The number of fused-ring (bicyclic) bond motifs is 3. The van der Waals surface area contributed by atoms with Crippen LogP contribution >= 0.6 is 0 Å². The van der Waals surface area contributed by atoms with Gasteiger partial charge in [-0.25, -0.2) is 18.7 Å². The number of benzene rings is 1. The lowest BCUT2D eigenvalue weighted by Gasteiger charge is -2.36. The minimum atomic E-state index is -0.910. The molecule has 4 atom stereocenters.